The first-order chi connectivity index (χ1) is 13.7. The van der Waals surface area contributed by atoms with E-state index in [-0.39, 0.29) is 10.8 Å². The summed E-state index contributed by atoms with van der Waals surface area (Å²) in [6, 6.07) is 20.5. The van der Waals surface area contributed by atoms with Crippen molar-refractivity contribution >= 4 is 45.7 Å². The maximum Gasteiger partial charge on any atom is 0.307 e. The van der Waals surface area contributed by atoms with Crippen molar-refractivity contribution in [2.75, 3.05) is 0 Å². The monoisotopic (exact) mass is 384 g/mol. The van der Waals surface area contributed by atoms with Gasteiger partial charge in [-0.05, 0) is 45.7 Å². The molecule has 0 saturated heterocycles. The van der Waals surface area contributed by atoms with Crippen LogP contribution in [0.2, 0.25) is 0 Å². The van der Waals surface area contributed by atoms with E-state index < -0.39 is 0 Å². The number of H-pyrrole nitrogens is 1. The molecular weight excluding hydrogens is 368 g/mol. The minimum Gasteiger partial charge on any atom is -0.493 e. The lowest BCUT2D eigenvalue weighted by Gasteiger charge is -2.09. The van der Waals surface area contributed by atoms with Gasteiger partial charge in [-0.2, -0.15) is 0 Å². The SMILES string of the molecule is O=c1[nH]c(O)c(C(Cc2ccc3ccccc3c2)=c2cccc3c2=CC=N3)s1. The van der Waals surface area contributed by atoms with Gasteiger partial charge in [0.2, 0.25) is 5.88 Å². The normalized spacial score (nSPS) is 13.4. The lowest BCUT2D eigenvalue weighted by molar-refractivity contribution is 0.454. The van der Waals surface area contributed by atoms with Gasteiger partial charge in [0, 0.05) is 11.4 Å². The predicted molar refractivity (Wildman–Crippen MR) is 115 cm³/mol. The Kier molecular flexibility index (Phi) is 3.95. The minimum absolute atomic E-state index is 0.0812. The van der Waals surface area contributed by atoms with Gasteiger partial charge in [-0.3, -0.25) is 14.8 Å². The molecule has 0 amide bonds. The molecule has 0 aliphatic carbocycles. The summed E-state index contributed by atoms with van der Waals surface area (Å²) < 4.78 is 0. The Hall–Kier alpha value is -3.44. The first-order valence-corrected chi connectivity index (χ1v) is 9.77. The van der Waals surface area contributed by atoms with E-state index >= 15 is 0 Å². The maximum atomic E-state index is 11.9. The van der Waals surface area contributed by atoms with E-state index in [4.69, 9.17) is 0 Å². The molecule has 4 nitrogen and oxygen atoms in total. The van der Waals surface area contributed by atoms with Crippen LogP contribution in [0.1, 0.15) is 10.4 Å². The number of hydrogen-bond donors (Lipinski definition) is 2. The molecule has 1 aliphatic heterocycles. The number of aromatic amines is 1. The topological polar surface area (TPSA) is 65.5 Å². The lowest BCUT2D eigenvalue weighted by Crippen LogP contribution is -2.27. The van der Waals surface area contributed by atoms with Crippen LogP contribution in [0.4, 0.5) is 5.69 Å². The zero-order valence-corrected chi connectivity index (χ0v) is 15.7. The fourth-order valence-corrected chi connectivity index (χ4v) is 4.46. The van der Waals surface area contributed by atoms with Gasteiger partial charge in [0.1, 0.15) is 0 Å². The van der Waals surface area contributed by atoms with E-state index in [1.165, 1.54) is 10.8 Å². The van der Waals surface area contributed by atoms with Crippen LogP contribution < -0.4 is 15.3 Å². The van der Waals surface area contributed by atoms with Crippen LogP contribution in [-0.2, 0) is 6.42 Å². The molecule has 28 heavy (non-hydrogen) atoms. The summed E-state index contributed by atoms with van der Waals surface area (Å²) >= 11 is 1.03. The first-order valence-electron chi connectivity index (χ1n) is 8.96. The fraction of sp³-hybridized carbons (Fsp3) is 0.0435. The minimum atomic E-state index is -0.267. The van der Waals surface area contributed by atoms with Gasteiger partial charge in [0.05, 0.1) is 10.6 Å². The second kappa shape index (κ2) is 6.62. The van der Waals surface area contributed by atoms with Crippen molar-refractivity contribution in [2.24, 2.45) is 4.99 Å². The smallest absolute Gasteiger partial charge is 0.307 e. The molecule has 0 radical (unpaired) electrons. The van der Waals surface area contributed by atoms with Crippen LogP contribution in [0.3, 0.4) is 0 Å². The number of aromatic nitrogens is 1. The Labute approximate surface area is 164 Å². The standard InChI is InChI=1S/C23H16N2O2S/c26-22-21(28-23(27)25-22)19(17-6-3-7-20-18(17)10-11-24-20)13-14-8-9-15-4-1-2-5-16(15)12-14/h1-12,26H,13H2,(H,25,27). The highest BCUT2D eigenvalue weighted by molar-refractivity contribution is 7.10. The van der Waals surface area contributed by atoms with E-state index in [0.29, 0.717) is 11.3 Å². The molecule has 2 heterocycles. The highest BCUT2D eigenvalue weighted by Gasteiger charge is 2.15. The van der Waals surface area contributed by atoms with Crippen molar-refractivity contribution in [3.05, 3.63) is 91.2 Å². The molecule has 0 spiro atoms. The van der Waals surface area contributed by atoms with Crippen LogP contribution in [0.5, 0.6) is 5.88 Å². The maximum absolute atomic E-state index is 11.9. The number of nitrogens with one attached hydrogen (secondary N) is 1. The Morgan fingerprint density at radius 1 is 1.04 bits per heavy atom. The molecular formula is C23H16N2O2S. The van der Waals surface area contributed by atoms with Crippen LogP contribution in [0.15, 0.2) is 70.5 Å². The number of thiazole rings is 1. The number of nitrogens with zero attached hydrogens (tertiary/aromatic N) is 1. The van der Waals surface area contributed by atoms with E-state index in [1.54, 1.807) is 6.21 Å². The van der Waals surface area contributed by atoms with Crippen molar-refractivity contribution in [1.82, 2.24) is 4.98 Å². The summed E-state index contributed by atoms with van der Waals surface area (Å²) in [4.78, 5) is 19.1. The number of benzene rings is 3. The highest BCUT2D eigenvalue weighted by atomic mass is 32.1. The van der Waals surface area contributed by atoms with Crippen molar-refractivity contribution in [3.8, 4) is 5.88 Å². The summed E-state index contributed by atoms with van der Waals surface area (Å²) in [5, 5.41) is 14.7. The first kappa shape index (κ1) is 16.7. The molecule has 0 saturated carbocycles. The third-order valence-electron chi connectivity index (χ3n) is 4.96. The molecule has 4 aromatic rings. The van der Waals surface area contributed by atoms with Gasteiger partial charge in [-0.25, -0.2) is 0 Å². The van der Waals surface area contributed by atoms with Crippen LogP contribution in [-0.4, -0.2) is 16.3 Å². The highest BCUT2D eigenvalue weighted by Crippen LogP contribution is 2.28. The molecule has 1 aromatic heterocycles. The van der Waals surface area contributed by atoms with Crippen molar-refractivity contribution in [1.29, 1.82) is 0 Å². The van der Waals surface area contributed by atoms with E-state index in [2.05, 4.69) is 40.3 Å². The quantitative estimate of drug-likeness (QED) is 0.570. The number of aromatic hydroxyl groups is 1. The Morgan fingerprint density at radius 3 is 2.71 bits per heavy atom. The molecule has 0 atom stereocenters. The van der Waals surface area contributed by atoms with Gasteiger partial charge in [-0.1, -0.05) is 65.9 Å². The average Bonchev–Trinajstić information content (AvgIpc) is 3.31. The van der Waals surface area contributed by atoms with Gasteiger partial charge < -0.3 is 5.11 Å². The summed E-state index contributed by atoms with van der Waals surface area (Å²) in [6.45, 7) is 0. The molecule has 0 bridgehead atoms. The number of rotatable bonds is 3. The molecule has 3 aromatic carbocycles. The molecule has 5 heteroatoms. The summed E-state index contributed by atoms with van der Waals surface area (Å²) in [5.74, 6) is -0.0812. The predicted octanol–water partition coefficient (Wildman–Crippen LogP) is 3.23. The van der Waals surface area contributed by atoms with Gasteiger partial charge in [0.15, 0.2) is 0 Å². The second-order valence-corrected chi connectivity index (χ2v) is 7.70. The van der Waals surface area contributed by atoms with E-state index in [9.17, 15) is 9.90 Å². The van der Waals surface area contributed by atoms with Gasteiger partial charge in [-0.15, -0.1) is 0 Å². The third kappa shape index (κ3) is 2.86. The summed E-state index contributed by atoms with van der Waals surface area (Å²) in [7, 11) is 0. The molecule has 2 N–H and O–H groups in total. The molecule has 0 unspecified atom stereocenters. The Balaban J connectivity index is 1.76. The van der Waals surface area contributed by atoms with E-state index in [0.717, 1.165) is 38.6 Å². The van der Waals surface area contributed by atoms with Crippen LogP contribution in [0.25, 0.3) is 22.4 Å². The van der Waals surface area contributed by atoms with Crippen molar-refractivity contribution in [3.63, 3.8) is 0 Å². The number of aliphatic imine (C=N–C) groups is 1. The summed E-state index contributed by atoms with van der Waals surface area (Å²) in [6.07, 6.45) is 4.34. The summed E-state index contributed by atoms with van der Waals surface area (Å²) in [5.41, 5.74) is 2.93. The van der Waals surface area contributed by atoms with Gasteiger partial charge in [0.25, 0.3) is 0 Å². The van der Waals surface area contributed by atoms with E-state index in [1.807, 2.05) is 36.4 Å². The number of fused-ring (bicyclic) bond motifs is 2. The van der Waals surface area contributed by atoms with Crippen molar-refractivity contribution in [2.45, 2.75) is 6.42 Å². The fourth-order valence-electron chi connectivity index (χ4n) is 3.67. The van der Waals surface area contributed by atoms with Crippen LogP contribution >= 0.6 is 11.3 Å². The largest absolute Gasteiger partial charge is 0.493 e. The van der Waals surface area contributed by atoms with Gasteiger partial charge >= 0.3 is 4.87 Å². The zero-order chi connectivity index (χ0) is 19.1. The third-order valence-corrected chi connectivity index (χ3v) is 5.89. The number of hydrogen-bond acceptors (Lipinski definition) is 4. The Morgan fingerprint density at radius 2 is 1.89 bits per heavy atom. The Bertz CT molecular complexity index is 1430. The van der Waals surface area contributed by atoms with Crippen LogP contribution in [0, 0.1) is 0 Å². The molecule has 5 rings (SSSR count). The molecule has 136 valence electrons. The van der Waals surface area contributed by atoms with Crippen molar-refractivity contribution < 1.29 is 5.11 Å². The zero-order valence-electron chi connectivity index (χ0n) is 14.8. The molecule has 1 aliphatic rings. The molecule has 0 fully saturated rings. The average molecular weight is 384 g/mol. The second-order valence-electron chi connectivity index (χ2n) is 6.71. The lowest BCUT2D eigenvalue weighted by atomic mass is 9.98.